The monoisotopic (exact) mass is 248 g/mol. The van der Waals surface area contributed by atoms with Crippen molar-refractivity contribution in [3.05, 3.63) is 24.8 Å². The second kappa shape index (κ2) is 5.95. The van der Waals surface area contributed by atoms with Gasteiger partial charge in [-0.1, -0.05) is 5.21 Å². The summed E-state index contributed by atoms with van der Waals surface area (Å²) in [4.78, 5) is 8.15. The van der Waals surface area contributed by atoms with Crippen LogP contribution in [0.1, 0.15) is 13.8 Å². The Kier molecular flexibility index (Phi) is 4.06. The lowest BCUT2D eigenvalue weighted by molar-refractivity contribution is 0.232. The van der Waals surface area contributed by atoms with Crippen molar-refractivity contribution in [2.45, 2.75) is 26.5 Å². The third-order valence-electron chi connectivity index (χ3n) is 2.12. The van der Waals surface area contributed by atoms with Gasteiger partial charge in [-0.25, -0.2) is 9.97 Å². The minimum Gasteiger partial charge on any atom is -0.475 e. The lowest BCUT2D eigenvalue weighted by Gasteiger charge is -2.10. The van der Waals surface area contributed by atoms with Gasteiger partial charge in [-0.05, 0) is 13.8 Å². The van der Waals surface area contributed by atoms with Crippen LogP contribution in [0.4, 0.5) is 5.82 Å². The van der Waals surface area contributed by atoms with Crippen molar-refractivity contribution in [3.8, 4) is 5.88 Å². The molecule has 2 rings (SSSR count). The van der Waals surface area contributed by atoms with Gasteiger partial charge in [0.15, 0.2) is 0 Å². The third-order valence-corrected chi connectivity index (χ3v) is 2.12. The molecular formula is C11H16N6O. The van der Waals surface area contributed by atoms with E-state index in [4.69, 9.17) is 4.74 Å². The standard InChI is InChI=1S/C11H16N6O/c1-9(2)18-11-7-10(13-8-14-11)12-3-5-17-6-4-15-16-17/h4,6-9H,3,5H2,1-2H3,(H,12,13,14). The third kappa shape index (κ3) is 3.69. The number of ether oxygens (including phenoxy) is 1. The first-order valence-corrected chi connectivity index (χ1v) is 5.81. The maximum atomic E-state index is 5.49. The fourth-order valence-corrected chi connectivity index (χ4v) is 1.39. The topological polar surface area (TPSA) is 77.8 Å². The molecule has 0 aliphatic heterocycles. The van der Waals surface area contributed by atoms with Crippen LogP contribution in [0.3, 0.4) is 0 Å². The smallest absolute Gasteiger partial charge is 0.218 e. The number of nitrogens with zero attached hydrogens (tertiary/aromatic N) is 5. The van der Waals surface area contributed by atoms with Crippen LogP contribution in [0.5, 0.6) is 5.88 Å². The molecule has 7 heteroatoms. The lowest BCUT2D eigenvalue weighted by Crippen LogP contribution is -2.12. The Hall–Kier alpha value is -2.18. The van der Waals surface area contributed by atoms with Crippen LogP contribution in [0.15, 0.2) is 24.8 Å². The van der Waals surface area contributed by atoms with Crippen LogP contribution in [-0.2, 0) is 6.54 Å². The van der Waals surface area contributed by atoms with E-state index in [0.717, 1.165) is 12.4 Å². The van der Waals surface area contributed by atoms with Crippen molar-refractivity contribution < 1.29 is 4.74 Å². The van der Waals surface area contributed by atoms with E-state index in [0.29, 0.717) is 12.4 Å². The van der Waals surface area contributed by atoms with Crippen LogP contribution in [0.2, 0.25) is 0 Å². The molecule has 0 atom stereocenters. The van der Waals surface area contributed by atoms with Gasteiger partial charge in [0.05, 0.1) is 18.8 Å². The van der Waals surface area contributed by atoms with Crippen LogP contribution in [0, 0.1) is 0 Å². The van der Waals surface area contributed by atoms with Crippen LogP contribution in [-0.4, -0.2) is 37.6 Å². The zero-order valence-electron chi connectivity index (χ0n) is 10.4. The lowest BCUT2D eigenvalue weighted by atomic mass is 10.4. The van der Waals surface area contributed by atoms with Gasteiger partial charge in [-0.3, -0.25) is 4.68 Å². The van der Waals surface area contributed by atoms with E-state index in [1.807, 2.05) is 20.0 Å². The van der Waals surface area contributed by atoms with Crippen LogP contribution >= 0.6 is 0 Å². The average Bonchev–Trinajstić information content (AvgIpc) is 2.82. The summed E-state index contributed by atoms with van der Waals surface area (Å²) < 4.78 is 7.24. The van der Waals surface area contributed by atoms with Crippen molar-refractivity contribution >= 4 is 5.82 Å². The van der Waals surface area contributed by atoms with Gasteiger partial charge in [-0.15, -0.1) is 5.10 Å². The molecular weight excluding hydrogens is 232 g/mol. The van der Waals surface area contributed by atoms with Gasteiger partial charge in [0.2, 0.25) is 5.88 Å². The number of hydrogen-bond donors (Lipinski definition) is 1. The largest absolute Gasteiger partial charge is 0.475 e. The minimum atomic E-state index is 0.0999. The quantitative estimate of drug-likeness (QED) is 0.820. The summed E-state index contributed by atoms with van der Waals surface area (Å²) in [6.07, 6.45) is 5.05. The molecule has 1 N–H and O–H groups in total. The Balaban J connectivity index is 1.85. The second-order valence-electron chi connectivity index (χ2n) is 4.00. The van der Waals surface area contributed by atoms with Gasteiger partial charge < -0.3 is 10.1 Å². The van der Waals surface area contributed by atoms with Gasteiger partial charge >= 0.3 is 0 Å². The highest BCUT2D eigenvalue weighted by Gasteiger charge is 2.01. The molecule has 0 spiro atoms. The number of anilines is 1. The number of hydrogen-bond acceptors (Lipinski definition) is 6. The average molecular weight is 248 g/mol. The Morgan fingerprint density at radius 3 is 3.00 bits per heavy atom. The van der Waals surface area contributed by atoms with Crippen LogP contribution < -0.4 is 10.1 Å². The first-order chi connectivity index (χ1) is 8.74. The summed E-state index contributed by atoms with van der Waals surface area (Å²) >= 11 is 0. The van der Waals surface area contributed by atoms with Crippen molar-refractivity contribution in [2.24, 2.45) is 0 Å². The molecule has 7 nitrogen and oxygen atoms in total. The predicted octanol–water partition coefficient (Wildman–Crippen LogP) is 0.967. The summed E-state index contributed by atoms with van der Waals surface area (Å²) in [6, 6.07) is 1.78. The Morgan fingerprint density at radius 1 is 1.39 bits per heavy atom. The first kappa shape index (κ1) is 12.3. The zero-order valence-corrected chi connectivity index (χ0v) is 10.4. The highest BCUT2D eigenvalue weighted by atomic mass is 16.5. The SMILES string of the molecule is CC(C)Oc1cc(NCCn2ccnn2)ncn1. The molecule has 2 aromatic heterocycles. The predicted molar refractivity (Wildman–Crippen MR) is 66.3 cm³/mol. The van der Waals surface area contributed by atoms with Crippen molar-refractivity contribution in [1.82, 2.24) is 25.0 Å². The number of nitrogens with one attached hydrogen (secondary N) is 1. The second-order valence-corrected chi connectivity index (χ2v) is 4.00. The van der Waals surface area contributed by atoms with Crippen LogP contribution in [0.25, 0.3) is 0 Å². The molecule has 0 fully saturated rings. The van der Waals surface area contributed by atoms with Gasteiger partial charge in [0.25, 0.3) is 0 Å². The Bertz CT molecular complexity index is 470. The summed E-state index contributed by atoms with van der Waals surface area (Å²) in [5.41, 5.74) is 0. The molecule has 96 valence electrons. The normalized spacial score (nSPS) is 10.6. The Morgan fingerprint density at radius 2 is 2.28 bits per heavy atom. The Labute approximate surface area is 105 Å². The van der Waals surface area contributed by atoms with Gasteiger partial charge in [0, 0.05) is 18.8 Å². The van der Waals surface area contributed by atoms with Gasteiger partial charge in [-0.2, -0.15) is 0 Å². The summed E-state index contributed by atoms with van der Waals surface area (Å²) in [5, 5.41) is 10.8. The molecule has 0 bridgehead atoms. The molecule has 0 amide bonds. The van der Waals surface area contributed by atoms with E-state index < -0.39 is 0 Å². The van der Waals surface area contributed by atoms with Crippen molar-refractivity contribution in [2.75, 3.05) is 11.9 Å². The van der Waals surface area contributed by atoms with E-state index in [2.05, 4.69) is 25.6 Å². The highest BCUT2D eigenvalue weighted by molar-refractivity contribution is 5.36. The highest BCUT2D eigenvalue weighted by Crippen LogP contribution is 2.12. The van der Waals surface area contributed by atoms with Gasteiger partial charge in [0.1, 0.15) is 12.1 Å². The molecule has 0 aromatic carbocycles. The first-order valence-electron chi connectivity index (χ1n) is 5.81. The van der Waals surface area contributed by atoms with Crippen molar-refractivity contribution in [3.63, 3.8) is 0 Å². The molecule has 0 radical (unpaired) electrons. The van der Waals surface area contributed by atoms with E-state index >= 15 is 0 Å². The van der Waals surface area contributed by atoms with E-state index in [1.165, 1.54) is 6.33 Å². The fourth-order valence-electron chi connectivity index (χ4n) is 1.39. The molecule has 0 aliphatic carbocycles. The van der Waals surface area contributed by atoms with E-state index in [-0.39, 0.29) is 6.10 Å². The number of aromatic nitrogens is 5. The molecule has 0 saturated heterocycles. The van der Waals surface area contributed by atoms with E-state index in [1.54, 1.807) is 16.9 Å². The molecule has 2 heterocycles. The molecule has 2 aromatic rings. The fraction of sp³-hybridized carbons (Fsp3) is 0.455. The zero-order chi connectivity index (χ0) is 12.8. The summed E-state index contributed by atoms with van der Waals surface area (Å²) in [6.45, 7) is 5.35. The molecule has 18 heavy (non-hydrogen) atoms. The van der Waals surface area contributed by atoms with E-state index in [9.17, 15) is 0 Å². The molecule has 0 saturated carbocycles. The summed E-state index contributed by atoms with van der Waals surface area (Å²) in [7, 11) is 0. The maximum Gasteiger partial charge on any atom is 0.218 e. The minimum absolute atomic E-state index is 0.0999. The molecule has 0 aliphatic rings. The maximum absolute atomic E-state index is 5.49. The summed E-state index contributed by atoms with van der Waals surface area (Å²) in [5.74, 6) is 1.31. The number of rotatable bonds is 6. The van der Waals surface area contributed by atoms with Crippen molar-refractivity contribution in [1.29, 1.82) is 0 Å². The molecule has 0 unspecified atom stereocenters.